The molecule has 1 aromatic rings. The lowest BCUT2D eigenvalue weighted by Crippen LogP contribution is -2.25. The number of oxazole rings is 1. The van der Waals surface area contributed by atoms with E-state index >= 15 is 0 Å². The lowest BCUT2D eigenvalue weighted by Gasteiger charge is -2.12. The van der Waals surface area contributed by atoms with Crippen molar-refractivity contribution in [3.05, 3.63) is 29.5 Å². The maximum atomic E-state index is 11.8. The summed E-state index contributed by atoms with van der Waals surface area (Å²) in [4.78, 5) is 15.9. The third-order valence-electron chi connectivity index (χ3n) is 3.23. The first-order chi connectivity index (χ1) is 9.29. The summed E-state index contributed by atoms with van der Waals surface area (Å²) in [5.74, 6) is 0.366. The largest absolute Gasteiger partial charge is 0.447 e. The molecule has 1 aromatic heterocycles. The highest BCUT2D eigenvalue weighted by Crippen LogP contribution is 2.19. The van der Waals surface area contributed by atoms with Crippen LogP contribution < -0.4 is 10.6 Å². The summed E-state index contributed by atoms with van der Waals surface area (Å²) in [5, 5.41) is 5.81. The van der Waals surface area contributed by atoms with Crippen LogP contribution in [0.25, 0.3) is 0 Å². The van der Waals surface area contributed by atoms with Gasteiger partial charge in [-0.2, -0.15) is 0 Å². The standard InChI is InChI=1S/C14H21N3O2/c1-15-9-13-17-12(10-19-13)14(18)16-8-7-11-5-3-2-4-6-11/h5,10,15H,2-4,6-9H2,1H3,(H,16,18). The summed E-state index contributed by atoms with van der Waals surface area (Å²) in [6, 6.07) is 0. The summed E-state index contributed by atoms with van der Waals surface area (Å²) in [6.07, 6.45) is 9.57. The van der Waals surface area contributed by atoms with Gasteiger partial charge in [0.05, 0.1) is 6.54 Å². The van der Waals surface area contributed by atoms with Gasteiger partial charge >= 0.3 is 0 Å². The van der Waals surface area contributed by atoms with Crippen LogP contribution in [-0.2, 0) is 6.54 Å². The molecule has 2 rings (SSSR count). The lowest BCUT2D eigenvalue weighted by molar-refractivity contribution is 0.0949. The molecule has 2 N–H and O–H groups in total. The van der Waals surface area contributed by atoms with Crippen molar-refractivity contribution in [2.24, 2.45) is 0 Å². The van der Waals surface area contributed by atoms with Crippen molar-refractivity contribution < 1.29 is 9.21 Å². The molecule has 1 amide bonds. The number of carbonyl (C=O) groups excluding carboxylic acids is 1. The predicted molar refractivity (Wildman–Crippen MR) is 72.8 cm³/mol. The van der Waals surface area contributed by atoms with Gasteiger partial charge < -0.3 is 15.1 Å². The fourth-order valence-electron chi connectivity index (χ4n) is 2.21. The Bertz CT molecular complexity index is 451. The molecule has 0 fully saturated rings. The van der Waals surface area contributed by atoms with Crippen LogP contribution in [0.1, 0.15) is 48.5 Å². The molecule has 0 unspecified atom stereocenters. The fraction of sp³-hybridized carbons (Fsp3) is 0.571. The number of nitrogens with zero attached hydrogens (tertiary/aromatic N) is 1. The van der Waals surface area contributed by atoms with Gasteiger partial charge in [-0.15, -0.1) is 0 Å². The van der Waals surface area contributed by atoms with E-state index in [9.17, 15) is 4.79 Å². The van der Waals surface area contributed by atoms with Gasteiger partial charge in [0, 0.05) is 6.54 Å². The van der Waals surface area contributed by atoms with E-state index < -0.39 is 0 Å². The summed E-state index contributed by atoms with van der Waals surface area (Å²) in [6.45, 7) is 1.19. The van der Waals surface area contributed by atoms with Gasteiger partial charge in [0.25, 0.3) is 5.91 Å². The zero-order chi connectivity index (χ0) is 13.5. The summed E-state index contributed by atoms with van der Waals surface area (Å²) >= 11 is 0. The lowest BCUT2D eigenvalue weighted by atomic mass is 9.97. The highest BCUT2D eigenvalue weighted by molar-refractivity contribution is 5.91. The van der Waals surface area contributed by atoms with Crippen LogP contribution in [0.3, 0.4) is 0 Å². The molecule has 5 nitrogen and oxygen atoms in total. The Morgan fingerprint density at radius 1 is 1.47 bits per heavy atom. The smallest absolute Gasteiger partial charge is 0.273 e. The normalized spacial score (nSPS) is 15.1. The summed E-state index contributed by atoms with van der Waals surface area (Å²) in [7, 11) is 1.81. The summed E-state index contributed by atoms with van der Waals surface area (Å²) < 4.78 is 5.18. The Morgan fingerprint density at radius 2 is 2.37 bits per heavy atom. The number of hydrogen-bond acceptors (Lipinski definition) is 4. The van der Waals surface area contributed by atoms with Crippen LogP contribution in [0.2, 0.25) is 0 Å². The quantitative estimate of drug-likeness (QED) is 0.770. The Labute approximate surface area is 113 Å². The second-order valence-corrected chi connectivity index (χ2v) is 4.77. The van der Waals surface area contributed by atoms with Crippen LogP contribution in [0.4, 0.5) is 0 Å². The van der Waals surface area contributed by atoms with E-state index in [0.29, 0.717) is 24.7 Å². The molecular weight excluding hydrogens is 242 g/mol. The zero-order valence-electron chi connectivity index (χ0n) is 11.4. The van der Waals surface area contributed by atoms with E-state index in [0.717, 1.165) is 6.42 Å². The van der Waals surface area contributed by atoms with E-state index in [1.807, 2.05) is 7.05 Å². The highest BCUT2D eigenvalue weighted by atomic mass is 16.3. The number of rotatable bonds is 6. The van der Waals surface area contributed by atoms with Crippen molar-refractivity contribution >= 4 is 5.91 Å². The molecule has 0 spiro atoms. The molecule has 19 heavy (non-hydrogen) atoms. The van der Waals surface area contributed by atoms with Crippen LogP contribution in [-0.4, -0.2) is 24.5 Å². The number of hydrogen-bond donors (Lipinski definition) is 2. The van der Waals surface area contributed by atoms with E-state index in [-0.39, 0.29) is 5.91 Å². The van der Waals surface area contributed by atoms with Gasteiger partial charge in [0.2, 0.25) is 5.89 Å². The van der Waals surface area contributed by atoms with Gasteiger partial charge in [0.15, 0.2) is 5.69 Å². The van der Waals surface area contributed by atoms with Crippen LogP contribution in [0.5, 0.6) is 0 Å². The molecule has 0 aliphatic heterocycles. The highest BCUT2D eigenvalue weighted by Gasteiger charge is 2.11. The second-order valence-electron chi connectivity index (χ2n) is 4.77. The summed E-state index contributed by atoms with van der Waals surface area (Å²) in [5.41, 5.74) is 1.81. The third kappa shape index (κ3) is 4.21. The second kappa shape index (κ2) is 7.09. The maximum absolute atomic E-state index is 11.8. The Balaban J connectivity index is 1.75. The van der Waals surface area contributed by atoms with E-state index in [4.69, 9.17) is 4.42 Å². The molecule has 1 heterocycles. The first-order valence-electron chi connectivity index (χ1n) is 6.84. The molecule has 0 radical (unpaired) electrons. The molecule has 0 saturated carbocycles. The molecule has 0 bridgehead atoms. The van der Waals surface area contributed by atoms with Crippen LogP contribution in [0.15, 0.2) is 22.3 Å². The Kier molecular flexibility index (Phi) is 5.15. The number of amides is 1. The van der Waals surface area contributed by atoms with Crippen molar-refractivity contribution in [2.75, 3.05) is 13.6 Å². The van der Waals surface area contributed by atoms with Gasteiger partial charge in [-0.3, -0.25) is 4.79 Å². The van der Waals surface area contributed by atoms with E-state index in [1.165, 1.54) is 37.5 Å². The molecular formula is C14H21N3O2. The number of aromatic nitrogens is 1. The molecule has 1 aliphatic carbocycles. The average Bonchev–Trinajstić information content (AvgIpc) is 2.89. The minimum Gasteiger partial charge on any atom is -0.447 e. The topological polar surface area (TPSA) is 67.2 Å². The first kappa shape index (κ1) is 13.8. The third-order valence-corrected chi connectivity index (χ3v) is 3.23. The molecule has 0 aromatic carbocycles. The number of allylic oxidation sites excluding steroid dienone is 1. The Hall–Kier alpha value is -1.62. The first-order valence-corrected chi connectivity index (χ1v) is 6.84. The Morgan fingerprint density at radius 3 is 3.11 bits per heavy atom. The van der Waals surface area contributed by atoms with Gasteiger partial charge in [-0.1, -0.05) is 11.6 Å². The minimum absolute atomic E-state index is 0.164. The van der Waals surface area contributed by atoms with Crippen LogP contribution >= 0.6 is 0 Å². The predicted octanol–water partition coefficient (Wildman–Crippen LogP) is 2.01. The number of nitrogens with one attached hydrogen (secondary N) is 2. The molecule has 0 saturated heterocycles. The SMILES string of the molecule is CNCc1nc(C(=O)NCCC2=CCCCC2)co1. The average molecular weight is 263 g/mol. The molecule has 5 heteroatoms. The van der Waals surface area contributed by atoms with E-state index in [2.05, 4.69) is 21.7 Å². The van der Waals surface area contributed by atoms with Crippen molar-refractivity contribution in [1.29, 1.82) is 0 Å². The molecule has 1 aliphatic rings. The van der Waals surface area contributed by atoms with Crippen LogP contribution in [0, 0.1) is 0 Å². The molecule has 0 atom stereocenters. The van der Waals surface area contributed by atoms with Crippen molar-refractivity contribution in [2.45, 2.75) is 38.6 Å². The minimum atomic E-state index is -0.164. The van der Waals surface area contributed by atoms with Gasteiger partial charge in [-0.25, -0.2) is 4.98 Å². The van der Waals surface area contributed by atoms with Gasteiger partial charge in [0.1, 0.15) is 6.26 Å². The fourth-order valence-corrected chi connectivity index (χ4v) is 2.21. The zero-order valence-corrected chi connectivity index (χ0v) is 11.4. The van der Waals surface area contributed by atoms with Gasteiger partial charge in [-0.05, 0) is 39.2 Å². The maximum Gasteiger partial charge on any atom is 0.273 e. The molecule has 104 valence electrons. The monoisotopic (exact) mass is 263 g/mol. The van der Waals surface area contributed by atoms with Crippen molar-refractivity contribution in [1.82, 2.24) is 15.6 Å². The van der Waals surface area contributed by atoms with E-state index in [1.54, 1.807) is 0 Å². The number of carbonyl (C=O) groups is 1. The van der Waals surface area contributed by atoms with Crippen molar-refractivity contribution in [3.63, 3.8) is 0 Å². The van der Waals surface area contributed by atoms with Crippen molar-refractivity contribution in [3.8, 4) is 0 Å².